The first-order chi connectivity index (χ1) is 14.7. The molecule has 5 heteroatoms. The van der Waals surface area contributed by atoms with Crippen LogP contribution in [0.3, 0.4) is 0 Å². The number of rotatable bonds is 5. The van der Waals surface area contributed by atoms with Gasteiger partial charge in [0.2, 0.25) is 5.95 Å². The van der Waals surface area contributed by atoms with Gasteiger partial charge in [0.1, 0.15) is 5.82 Å². The summed E-state index contributed by atoms with van der Waals surface area (Å²) in [5.74, 6) is 1.46. The number of nitrogens with one attached hydrogen (secondary N) is 1. The number of nitrogens with two attached hydrogens (primary N) is 1. The van der Waals surface area contributed by atoms with E-state index in [9.17, 15) is 0 Å². The highest BCUT2D eigenvalue weighted by atomic mass is 15.2. The number of nitrogens with zero attached hydrogens (tertiary/aromatic N) is 3. The van der Waals surface area contributed by atoms with Gasteiger partial charge in [0.05, 0.1) is 11.0 Å². The highest BCUT2D eigenvalue weighted by Gasteiger charge is 2.15. The van der Waals surface area contributed by atoms with Gasteiger partial charge in [-0.15, -0.1) is 0 Å². The van der Waals surface area contributed by atoms with E-state index in [0.717, 1.165) is 33.5 Å². The molecule has 0 fully saturated rings. The second kappa shape index (κ2) is 7.61. The van der Waals surface area contributed by atoms with Crippen LogP contribution in [-0.4, -0.2) is 14.5 Å². The van der Waals surface area contributed by atoms with Crippen molar-refractivity contribution in [1.29, 1.82) is 0 Å². The van der Waals surface area contributed by atoms with Crippen molar-refractivity contribution in [3.63, 3.8) is 0 Å². The summed E-state index contributed by atoms with van der Waals surface area (Å²) in [6, 6.07) is 26.9. The number of aromatic nitrogens is 3. The molecule has 0 amide bonds. The van der Waals surface area contributed by atoms with Gasteiger partial charge in [-0.05, 0) is 36.2 Å². The third kappa shape index (κ3) is 3.19. The van der Waals surface area contributed by atoms with Crippen LogP contribution < -0.4 is 11.1 Å². The molecule has 2 aromatic heterocycles. The van der Waals surface area contributed by atoms with Gasteiger partial charge in [0.25, 0.3) is 0 Å². The number of anilines is 1. The van der Waals surface area contributed by atoms with Crippen molar-refractivity contribution >= 4 is 27.6 Å². The van der Waals surface area contributed by atoms with Crippen LogP contribution in [0, 0.1) is 6.92 Å². The summed E-state index contributed by atoms with van der Waals surface area (Å²) in [6.45, 7) is 3.20. The van der Waals surface area contributed by atoms with Crippen LogP contribution in [0.15, 0.2) is 78.9 Å². The van der Waals surface area contributed by atoms with E-state index in [1.165, 1.54) is 10.9 Å². The Morgan fingerprint density at radius 1 is 0.900 bits per heavy atom. The molecule has 30 heavy (non-hydrogen) atoms. The lowest BCUT2D eigenvalue weighted by atomic mass is 10.1. The third-order valence-corrected chi connectivity index (χ3v) is 5.42. The summed E-state index contributed by atoms with van der Waals surface area (Å²) >= 11 is 0. The molecule has 0 saturated carbocycles. The molecule has 148 valence electrons. The van der Waals surface area contributed by atoms with Crippen LogP contribution in [-0.2, 0) is 13.1 Å². The fraction of sp³-hybridized carbons (Fsp3) is 0.120. The largest absolute Gasteiger partial charge is 0.365 e. The summed E-state index contributed by atoms with van der Waals surface area (Å²) in [5.41, 5.74) is 11.3. The van der Waals surface area contributed by atoms with E-state index in [4.69, 9.17) is 15.7 Å². The van der Waals surface area contributed by atoms with Gasteiger partial charge in [-0.1, -0.05) is 60.7 Å². The van der Waals surface area contributed by atoms with Gasteiger partial charge < -0.3 is 11.1 Å². The Kier molecular flexibility index (Phi) is 4.65. The van der Waals surface area contributed by atoms with Gasteiger partial charge in [0, 0.05) is 29.6 Å². The third-order valence-electron chi connectivity index (χ3n) is 5.42. The monoisotopic (exact) mass is 393 g/mol. The first-order valence-electron chi connectivity index (χ1n) is 10.1. The van der Waals surface area contributed by atoms with Crippen molar-refractivity contribution in [2.45, 2.75) is 20.0 Å². The second-order valence-corrected chi connectivity index (χ2v) is 7.41. The number of para-hydroxylation sites is 2. The molecule has 0 radical (unpaired) electrons. The number of benzene rings is 3. The second-order valence-electron chi connectivity index (χ2n) is 7.41. The normalized spacial score (nSPS) is 11.3. The molecule has 0 spiro atoms. The predicted octanol–water partition coefficient (Wildman–Crippen LogP) is 4.95. The Bertz CT molecular complexity index is 1340. The minimum absolute atomic E-state index is 0.428. The fourth-order valence-electron chi connectivity index (χ4n) is 3.94. The SMILES string of the molecule is Cc1cc2ccccc2n1-c1nc(NCc2ccccc2)c2cccc(CN)c2n1. The van der Waals surface area contributed by atoms with E-state index in [-0.39, 0.29) is 0 Å². The van der Waals surface area contributed by atoms with Crippen LogP contribution in [0.2, 0.25) is 0 Å². The highest BCUT2D eigenvalue weighted by molar-refractivity contribution is 5.92. The maximum Gasteiger partial charge on any atom is 0.236 e. The van der Waals surface area contributed by atoms with Crippen LogP contribution >= 0.6 is 0 Å². The number of hydrogen-bond donors (Lipinski definition) is 2. The average Bonchev–Trinajstić information content (AvgIpc) is 3.13. The van der Waals surface area contributed by atoms with E-state index in [0.29, 0.717) is 19.0 Å². The molecule has 0 bridgehead atoms. The molecule has 0 aliphatic carbocycles. The zero-order valence-electron chi connectivity index (χ0n) is 16.8. The standard InChI is InChI=1S/C25H23N5/c1-17-14-19-10-5-6-13-22(19)30(17)25-28-23-20(15-26)11-7-12-21(23)24(29-25)27-16-18-8-3-2-4-9-18/h2-14H,15-16,26H2,1H3,(H,27,28,29). The highest BCUT2D eigenvalue weighted by Crippen LogP contribution is 2.28. The quantitative estimate of drug-likeness (QED) is 0.443. The lowest BCUT2D eigenvalue weighted by Gasteiger charge is -2.14. The molecule has 3 N–H and O–H groups in total. The summed E-state index contributed by atoms with van der Waals surface area (Å²) in [7, 11) is 0. The Hall–Kier alpha value is -3.70. The zero-order chi connectivity index (χ0) is 20.5. The van der Waals surface area contributed by atoms with Gasteiger partial charge in [0.15, 0.2) is 0 Å². The van der Waals surface area contributed by atoms with Crippen LogP contribution in [0.1, 0.15) is 16.8 Å². The Labute approximate surface area is 175 Å². The van der Waals surface area contributed by atoms with Crippen LogP contribution in [0.5, 0.6) is 0 Å². The zero-order valence-corrected chi connectivity index (χ0v) is 16.8. The Balaban J connectivity index is 1.70. The van der Waals surface area contributed by atoms with E-state index >= 15 is 0 Å². The van der Waals surface area contributed by atoms with Crippen molar-refractivity contribution in [3.05, 3.63) is 95.7 Å². The lowest BCUT2D eigenvalue weighted by Crippen LogP contribution is -2.10. The smallest absolute Gasteiger partial charge is 0.236 e. The summed E-state index contributed by atoms with van der Waals surface area (Å²) < 4.78 is 2.11. The Morgan fingerprint density at radius 2 is 1.70 bits per heavy atom. The topological polar surface area (TPSA) is 68.8 Å². The van der Waals surface area contributed by atoms with Crippen molar-refractivity contribution in [1.82, 2.24) is 14.5 Å². The molecule has 5 nitrogen and oxygen atoms in total. The maximum atomic E-state index is 6.03. The van der Waals surface area contributed by atoms with Gasteiger partial charge >= 0.3 is 0 Å². The molecule has 0 aliphatic heterocycles. The van der Waals surface area contributed by atoms with Crippen LogP contribution in [0.25, 0.3) is 27.8 Å². The Morgan fingerprint density at radius 3 is 2.53 bits per heavy atom. The first kappa shape index (κ1) is 18.3. The molecule has 0 aliphatic rings. The molecule has 5 rings (SSSR count). The molecule has 5 aromatic rings. The molecular formula is C25H23N5. The van der Waals surface area contributed by atoms with Crippen molar-refractivity contribution in [2.75, 3.05) is 5.32 Å². The summed E-state index contributed by atoms with van der Waals surface area (Å²) in [4.78, 5) is 9.89. The number of fused-ring (bicyclic) bond motifs is 2. The lowest BCUT2D eigenvalue weighted by molar-refractivity contribution is 0.935. The molecule has 0 saturated heterocycles. The fourth-order valence-corrected chi connectivity index (χ4v) is 3.94. The molecule has 2 heterocycles. The van der Waals surface area contributed by atoms with Crippen molar-refractivity contribution in [2.24, 2.45) is 5.73 Å². The number of aryl methyl sites for hydroxylation is 1. The summed E-state index contributed by atoms with van der Waals surface area (Å²) in [5, 5.41) is 5.67. The summed E-state index contributed by atoms with van der Waals surface area (Å²) in [6.07, 6.45) is 0. The number of hydrogen-bond acceptors (Lipinski definition) is 4. The van der Waals surface area contributed by atoms with Crippen LogP contribution in [0.4, 0.5) is 5.82 Å². The molecule has 3 aromatic carbocycles. The molecule has 0 unspecified atom stereocenters. The van der Waals surface area contributed by atoms with E-state index in [2.05, 4.69) is 47.1 Å². The first-order valence-corrected chi connectivity index (χ1v) is 10.1. The van der Waals surface area contributed by atoms with E-state index < -0.39 is 0 Å². The minimum Gasteiger partial charge on any atom is -0.365 e. The average molecular weight is 393 g/mol. The minimum atomic E-state index is 0.428. The van der Waals surface area contributed by atoms with E-state index in [1.54, 1.807) is 0 Å². The molecular weight excluding hydrogens is 370 g/mol. The predicted molar refractivity (Wildman–Crippen MR) is 123 cm³/mol. The van der Waals surface area contributed by atoms with Crippen molar-refractivity contribution in [3.8, 4) is 5.95 Å². The van der Waals surface area contributed by atoms with E-state index in [1.807, 2.05) is 48.5 Å². The molecule has 0 atom stereocenters. The van der Waals surface area contributed by atoms with Gasteiger partial charge in [-0.3, -0.25) is 4.57 Å². The van der Waals surface area contributed by atoms with Crippen molar-refractivity contribution < 1.29 is 0 Å². The van der Waals surface area contributed by atoms with Gasteiger partial charge in [-0.25, -0.2) is 4.98 Å². The maximum absolute atomic E-state index is 6.03. The van der Waals surface area contributed by atoms with Gasteiger partial charge in [-0.2, -0.15) is 4.98 Å².